The van der Waals surface area contributed by atoms with Crippen molar-refractivity contribution in [3.05, 3.63) is 86.7 Å². The summed E-state index contributed by atoms with van der Waals surface area (Å²) < 4.78 is 17.5. The number of aliphatic hydroxyl groups excluding tert-OH is 1. The first-order valence-electron chi connectivity index (χ1n) is 16.8. The van der Waals surface area contributed by atoms with Crippen molar-refractivity contribution in [1.29, 1.82) is 0 Å². The van der Waals surface area contributed by atoms with Crippen LogP contribution in [0.5, 0.6) is 5.75 Å². The number of hydrogen-bond acceptors (Lipinski definition) is 11. The van der Waals surface area contributed by atoms with E-state index in [0.29, 0.717) is 52.3 Å². The summed E-state index contributed by atoms with van der Waals surface area (Å²) in [7, 11) is 3.10. The molecule has 1 atom stereocenters. The van der Waals surface area contributed by atoms with Gasteiger partial charge in [0.05, 0.1) is 41.7 Å². The van der Waals surface area contributed by atoms with Gasteiger partial charge in [0.2, 0.25) is 12.3 Å². The molecule has 0 saturated carbocycles. The number of carbonyl (C=O) groups is 5. The van der Waals surface area contributed by atoms with Gasteiger partial charge in [-0.15, -0.1) is 0 Å². The van der Waals surface area contributed by atoms with Crippen molar-refractivity contribution in [3.8, 4) is 17.1 Å². The minimum absolute atomic E-state index is 0.00904. The van der Waals surface area contributed by atoms with E-state index < -0.39 is 18.3 Å². The van der Waals surface area contributed by atoms with Gasteiger partial charge >= 0.3 is 12.2 Å². The second-order valence-electron chi connectivity index (χ2n) is 12.4. The molecule has 278 valence electrons. The minimum Gasteiger partial charge on any atom is -0.463 e. The van der Waals surface area contributed by atoms with E-state index in [1.54, 1.807) is 74.1 Å². The smallest absolute Gasteiger partial charge is 0.415 e. The van der Waals surface area contributed by atoms with Gasteiger partial charge in [0.15, 0.2) is 0 Å². The van der Waals surface area contributed by atoms with E-state index in [1.807, 2.05) is 6.92 Å². The molecule has 3 N–H and O–H groups in total. The summed E-state index contributed by atoms with van der Waals surface area (Å²) in [6, 6.07) is 13.5. The average Bonchev–Trinajstić information content (AvgIpc) is 3.52. The summed E-state index contributed by atoms with van der Waals surface area (Å²) in [4.78, 5) is 79.5. The normalized spacial score (nSPS) is 11.9. The van der Waals surface area contributed by atoms with Crippen LogP contribution in [0.3, 0.4) is 0 Å². The fourth-order valence-electron chi connectivity index (χ4n) is 5.99. The number of benzene rings is 2. The Morgan fingerprint density at radius 3 is 2.38 bits per heavy atom. The maximum absolute atomic E-state index is 13.5. The number of ether oxygens (including phenoxy) is 3. The van der Waals surface area contributed by atoms with Gasteiger partial charge in [-0.05, 0) is 66.4 Å². The molecule has 0 aliphatic carbocycles. The second-order valence-corrected chi connectivity index (χ2v) is 12.4. The third-order valence-corrected chi connectivity index (χ3v) is 8.81. The summed E-state index contributed by atoms with van der Waals surface area (Å²) in [5.41, 5.74) is 4.98. The fourth-order valence-corrected chi connectivity index (χ4v) is 5.99. The molecule has 1 aliphatic rings. The van der Waals surface area contributed by atoms with Crippen molar-refractivity contribution in [2.24, 2.45) is 0 Å². The van der Waals surface area contributed by atoms with Crippen LogP contribution in [0.15, 0.2) is 53.3 Å². The van der Waals surface area contributed by atoms with Crippen molar-refractivity contribution in [2.45, 2.75) is 46.1 Å². The van der Waals surface area contributed by atoms with Crippen LogP contribution < -0.4 is 20.9 Å². The van der Waals surface area contributed by atoms with Gasteiger partial charge in [0.1, 0.15) is 19.0 Å². The van der Waals surface area contributed by atoms with E-state index >= 15 is 0 Å². The molecule has 0 saturated heterocycles. The molecule has 1 unspecified atom stereocenters. The van der Waals surface area contributed by atoms with E-state index in [2.05, 4.69) is 10.6 Å². The highest BCUT2D eigenvalue weighted by Crippen LogP contribution is 2.38. The highest BCUT2D eigenvalue weighted by molar-refractivity contribution is 5.93. The number of pyridine rings is 2. The van der Waals surface area contributed by atoms with E-state index in [0.717, 1.165) is 16.5 Å². The number of rotatable bonds is 15. The SMILES string of the molecule is CCc1c2c(nc3ccc(OC(=O)N(C)CCN(C)C(=O)OCc4ccc(NC(=O)CNC=O)cc4)cc13)-c1cc(C(C)O)c(COC=O)c(=O)n1C2. The first-order chi connectivity index (χ1) is 25.4. The summed E-state index contributed by atoms with van der Waals surface area (Å²) in [5.74, 6) is -0.0885. The van der Waals surface area contributed by atoms with Gasteiger partial charge in [-0.2, -0.15) is 0 Å². The maximum Gasteiger partial charge on any atom is 0.415 e. The standard InChI is InChI=1S/C37H40N6O10/c1-5-26-28-14-25(10-11-31(28)40-34-29(26)17-43-32(34)15-27(22(2)46)30(35(43)48)19-51-21-45)53-37(50)42(4)13-12-41(3)36(49)52-18-23-6-8-24(9-7-23)39-33(47)16-38-20-44/h6-11,14-15,20-22,46H,5,12-13,16-19H2,1-4H3,(H,38,44)(H,39,47). The van der Waals surface area contributed by atoms with E-state index in [9.17, 15) is 33.9 Å². The third kappa shape index (κ3) is 8.61. The fraction of sp³-hybridized carbons (Fsp3) is 0.324. The molecule has 0 radical (unpaired) electrons. The second kappa shape index (κ2) is 16.8. The molecule has 0 fully saturated rings. The topological polar surface area (TPSA) is 199 Å². The van der Waals surface area contributed by atoms with E-state index in [1.165, 1.54) is 9.80 Å². The highest BCUT2D eigenvalue weighted by atomic mass is 16.6. The number of likely N-dealkylation sites (N-methyl/N-ethyl adjacent to an activating group) is 2. The van der Waals surface area contributed by atoms with Gasteiger partial charge in [0.25, 0.3) is 12.0 Å². The van der Waals surface area contributed by atoms with E-state index in [4.69, 9.17) is 19.2 Å². The van der Waals surface area contributed by atoms with Crippen molar-refractivity contribution in [2.75, 3.05) is 39.0 Å². The summed E-state index contributed by atoms with van der Waals surface area (Å²) in [5, 5.41) is 16.1. The Labute approximate surface area is 304 Å². The van der Waals surface area contributed by atoms with Crippen LogP contribution in [0.25, 0.3) is 22.3 Å². The molecule has 16 heteroatoms. The first kappa shape index (κ1) is 38.0. The molecule has 4 aromatic rings. The third-order valence-electron chi connectivity index (χ3n) is 8.81. The van der Waals surface area contributed by atoms with Crippen LogP contribution in [-0.4, -0.2) is 89.2 Å². The average molecular weight is 729 g/mol. The largest absolute Gasteiger partial charge is 0.463 e. The van der Waals surface area contributed by atoms with Crippen LogP contribution in [0, 0.1) is 0 Å². The molecule has 1 aliphatic heterocycles. The maximum atomic E-state index is 13.5. The Balaban J connectivity index is 1.20. The lowest BCUT2D eigenvalue weighted by molar-refractivity contribution is -0.129. The summed E-state index contributed by atoms with van der Waals surface area (Å²) in [6.45, 7) is 3.92. The van der Waals surface area contributed by atoms with Crippen molar-refractivity contribution < 1.29 is 43.3 Å². The summed E-state index contributed by atoms with van der Waals surface area (Å²) in [6.07, 6.45) is -1.18. The monoisotopic (exact) mass is 728 g/mol. The number of aromatic nitrogens is 2. The molecule has 4 amide bonds. The van der Waals surface area contributed by atoms with Crippen LogP contribution in [0.4, 0.5) is 15.3 Å². The molecule has 16 nitrogen and oxygen atoms in total. The molecule has 3 heterocycles. The molecule has 5 rings (SSSR count). The molecular formula is C37H40N6O10. The number of aliphatic hydroxyl groups is 1. The number of fused-ring (bicyclic) bond motifs is 4. The highest BCUT2D eigenvalue weighted by Gasteiger charge is 2.29. The van der Waals surface area contributed by atoms with Gasteiger partial charge in [-0.3, -0.25) is 19.2 Å². The molecular weight excluding hydrogens is 688 g/mol. The number of anilines is 1. The van der Waals surface area contributed by atoms with Crippen molar-refractivity contribution in [1.82, 2.24) is 24.7 Å². The Bertz CT molecular complexity index is 2100. The zero-order valence-electron chi connectivity index (χ0n) is 29.7. The van der Waals surface area contributed by atoms with Crippen LogP contribution >= 0.6 is 0 Å². The molecule has 2 aromatic heterocycles. The Morgan fingerprint density at radius 1 is 1.00 bits per heavy atom. The van der Waals surface area contributed by atoms with Crippen LogP contribution in [0.2, 0.25) is 0 Å². The predicted octanol–water partition coefficient (Wildman–Crippen LogP) is 3.10. The Hall–Kier alpha value is -6.29. The number of hydrogen-bond donors (Lipinski definition) is 3. The van der Waals surface area contributed by atoms with Crippen LogP contribution in [0.1, 0.15) is 47.8 Å². The quantitative estimate of drug-likeness (QED) is 0.134. The van der Waals surface area contributed by atoms with Crippen molar-refractivity contribution in [3.63, 3.8) is 0 Å². The lowest BCUT2D eigenvalue weighted by Crippen LogP contribution is -2.38. The zero-order chi connectivity index (χ0) is 38.2. The van der Waals surface area contributed by atoms with Gasteiger partial charge in [0, 0.05) is 43.8 Å². The number of aryl methyl sites for hydroxylation is 1. The molecule has 2 aromatic carbocycles. The lowest BCUT2D eigenvalue weighted by atomic mass is 9.98. The van der Waals surface area contributed by atoms with Crippen LogP contribution in [-0.2, 0) is 50.0 Å². The number of nitrogens with zero attached hydrogens (tertiary/aromatic N) is 4. The Kier molecular flexibility index (Phi) is 12.0. The predicted molar refractivity (Wildman–Crippen MR) is 192 cm³/mol. The van der Waals surface area contributed by atoms with Gasteiger partial charge < -0.3 is 44.3 Å². The van der Waals surface area contributed by atoms with Crippen molar-refractivity contribution >= 4 is 47.6 Å². The minimum atomic E-state index is -0.975. The number of carbonyl (C=O) groups excluding carboxylic acids is 5. The zero-order valence-corrected chi connectivity index (χ0v) is 29.7. The lowest BCUT2D eigenvalue weighted by Gasteiger charge is -2.22. The molecule has 0 bridgehead atoms. The van der Waals surface area contributed by atoms with Gasteiger partial charge in [-0.1, -0.05) is 19.1 Å². The van der Waals surface area contributed by atoms with E-state index in [-0.39, 0.29) is 62.9 Å². The first-order valence-corrected chi connectivity index (χ1v) is 16.8. The number of nitrogens with one attached hydrogen (secondary N) is 2. The molecule has 53 heavy (non-hydrogen) atoms. The van der Waals surface area contributed by atoms with Gasteiger partial charge in [-0.25, -0.2) is 14.6 Å². The molecule has 0 spiro atoms. The number of amides is 4. The Morgan fingerprint density at radius 2 is 1.72 bits per heavy atom. The summed E-state index contributed by atoms with van der Waals surface area (Å²) >= 11 is 0.